The lowest BCUT2D eigenvalue weighted by molar-refractivity contribution is 0.309. The predicted molar refractivity (Wildman–Crippen MR) is 102 cm³/mol. The molecule has 0 aliphatic carbocycles. The Hall–Kier alpha value is -3.05. The normalized spacial score (nSPS) is 10.2. The van der Waals surface area contributed by atoms with Crippen LogP contribution in [0.15, 0.2) is 72.8 Å². The average Bonchev–Trinajstić information content (AvgIpc) is 2.69. The van der Waals surface area contributed by atoms with Gasteiger partial charge in [-0.05, 0) is 52.9 Å². The lowest BCUT2D eigenvalue weighted by Crippen LogP contribution is -1.95. The van der Waals surface area contributed by atoms with Crippen LogP contribution in [0, 0.1) is 11.3 Å². The molecule has 0 saturated carbocycles. The van der Waals surface area contributed by atoms with E-state index in [1.54, 1.807) is 0 Å². The van der Waals surface area contributed by atoms with E-state index in [0.29, 0.717) is 5.56 Å². The van der Waals surface area contributed by atoms with Gasteiger partial charge < -0.3 is 4.74 Å². The molecule has 0 aromatic heterocycles. The standard InChI is InChI=1S/C23H21NO/c1-2-3-16-25-23-14-12-22(13-15-23)21-10-8-20(9-11-21)19-6-4-18(17-24)5-7-19/h4-15H,2-3,16H2,1H3. The Morgan fingerprint density at radius 1 is 0.720 bits per heavy atom. The molecule has 0 unspecified atom stereocenters. The van der Waals surface area contributed by atoms with Gasteiger partial charge in [0.1, 0.15) is 5.75 Å². The molecule has 0 fully saturated rings. The molecule has 25 heavy (non-hydrogen) atoms. The number of nitrogens with zero attached hydrogens (tertiary/aromatic N) is 1. The van der Waals surface area contributed by atoms with Crippen LogP contribution in [0.25, 0.3) is 22.3 Å². The summed E-state index contributed by atoms with van der Waals surface area (Å²) in [7, 11) is 0. The lowest BCUT2D eigenvalue weighted by atomic mass is 10.00. The summed E-state index contributed by atoms with van der Waals surface area (Å²) >= 11 is 0. The minimum atomic E-state index is 0.682. The molecule has 0 aliphatic rings. The molecule has 3 rings (SSSR count). The first-order valence-electron chi connectivity index (χ1n) is 8.64. The predicted octanol–water partition coefficient (Wildman–Crippen LogP) is 6.07. The second-order valence-corrected chi connectivity index (χ2v) is 5.99. The molecule has 0 N–H and O–H groups in total. The third-order valence-corrected chi connectivity index (χ3v) is 4.19. The molecule has 3 aromatic carbocycles. The maximum Gasteiger partial charge on any atom is 0.119 e. The Balaban J connectivity index is 1.72. The summed E-state index contributed by atoms with van der Waals surface area (Å²) in [5.41, 5.74) is 5.30. The Labute approximate surface area is 149 Å². The molecule has 0 radical (unpaired) electrons. The molecule has 2 nitrogen and oxygen atoms in total. The molecular formula is C23H21NO. The van der Waals surface area contributed by atoms with Crippen LogP contribution < -0.4 is 4.74 Å². The van der Waals surface area contributed by atoms with E-state index in [4.69, 9.17) is 10.00 Å². The second kappa shape index (κ2) is 8.17. The van der Waals surface area contributed by atoms with Crippen molar-refractivity contribution >= 4 is 0 Å². The molecule has 0 saturated heterocycles. The highest BCUT2D eigenvalue weighted by Gasteiger charge is 2.02. The molecule has 2 heteroatoms. The monoisotopic (exact) mass is 327 g/mol. The van der Waals surface area contributed by atoms with Crippen molar-refractivity contribution in [2.75, 3.05) is 6.61 Å². The minimum Gasteiger partial charge on any atom is -0.494 e. The second-order valence-electron chi connectivity index (χ2n) is 5.99. The van der Waals surface area contributed by atoms with Crippen molar-refractivity contribution in [3.8, 4) is 34.1 Å². The summed E-state index contributed by atoms with van der Waals surface area (Å²) in [5.74, 6) is 0.923. The van der Waals surface area contributed by atoms with E-state index in [-0.39, 0.29) is 0 Å². The number of hydrogen-bond donors (Lipinski definition) is 0. The summed E-state index contributed by atoms with van der Waals surface area (Å²) < 4.78 is 5.71. The van der Waals surface area contributed by atoms with Gasteiger partial charge in [-0.3, -0.25) is 0 Å². The van der Waals surface area contributed by atoms with Gasteiger partial charge in [-0.2, -0.15) is 5.26 Å². The van der Waals surface area contributed by atoms with Gasteiger partial charge in [0.05, 0.1) is 18.2 Å². The minimum absolute atomic E-state index is 0.682. The molecule has 0 amide bonds. The van der Waals surface area contributed by atoms with E-state index >= 15 is 0 Å². The SMILES string of the molecule is CCCCOc1ccc(-c2ccc(-c3ccc(C#N)cc3)cc2)cc1. The lowest BCUT2D eigenvalue weighted by Gasteiger charge is -2.08. The largest absolute Gasteiger partial charge is 0.494 e. The van der Waals surface area contributed by atoms with Crippen molar-refractivity contribution < 1.29 is 4.74 Å². The highest BCUT2D eigenvalue weighted by atomic mass is 16.5. The first kappa shape index (κ1) is 16.8. The zero-order valence-electron chi connectivity index (χ0n) is 14.4. The van der Waals surface area contributed by atoms with Gasteiger partial charge in [-0.15, -0.1) is 0 Å². The van der Waals surface area contributed by atoms with Gasteiger partial charge >= 0.3 is 0 Å². The molecule has 0 bridgehead atoms. The fourth-order valence-corrected chi connectivity index (χ4v) is 2.67. The van der Waals surface area contributed by atoms with E-state index in [2.05, 4.69) is 49.4 Å². The van der Waals surface area contributed by atoms with E-state index in [1.807, 2.05) is 36.4 Å². The Morgan fingerprint density at radius 3 is 1.60 bits per heavy atom. The third kappa shape index (κ3) is 4.28. The molecular weight excluding hydrogens is 306 g/mol. The van der Waals surface area contributed by atoms with Gasteiger partial charge in [0.2, 0.25) is 0 Å². The fraction of sp³-hybridized carbons (Fsp3) is 0.174. The van der Waals surface area contributed by atoms with Gasteiger partial charge in [-0.25, -0.2) is 0 Å². The number of unbranched alkanes of at least 4 members (excludes halogenated alkanes) is 1. The Bertz CT molecular complexity index is 841. The highest BCUT2D eigenvalue weighted by molar-refractivity contribution is 5.71. The first-order chi connectivity index (χ1) is 12.3. The number of ether oxygens (including phenoxy) is 1. The number of rotatable bonds is 6. The van der Waals surface area contributed by atoms with Crippen LogP contribution in [0.1, 0.15) is 25.3 Å². The maximum atomic E-state index is 8.88. The fourth-order valence-electron chi connectivity index (χ4n) is 2.67. The van der Waals surface area contributed by atoms with Crippen molar-refractivity contribution in [2.24, 2.45) is 0 Å². The zero-order valence-corrected chi connectivity index (χ0v) is 14.4. The van der Waals surface area contributed by atoms with Crippen molar-refractivity contribution in [1.29, 1.82) is 5.26 Å². The third-order valence-electron chi connectivity index (χ3n) is 4.19. The smallest absolute Gasteiger partial charge is 0.119 e. The van der Waals surface area contributed by atoms with E-state index in [0.717, 1.165) is 36.3 Å². The van der Waals surface area contributed by atoms with Crippen molar-refractivity contribution in [1.82, 2.24) is 0 Å². The number of nitriles is 1. The summed E-state index contributed by atoms with van der Waals surface area (Å²) in [5, 5.41) is 8.88. The summed E-state index contributed by atoms with van der Waals surface area (Å²) in [6.07, 6.45) is 2.22. The van der Waals surface area contributed by atoms with Crippen LogP contribution in [0.4, 0.5) is 0 Å². The van der Waals surface area contributed by atoms with Crippen molar-refractivity contribution in [2.45, 2.75) is 19.8 Å². The van der Waals surface area contributed by atoms with Crippen LogP contribution in [0.3, 0.4) is 0 Å². The molecule has 0 aliphatic heterocycles. The summed E-state index contributed by atoms with van der Waals surface area (Å²) in [6, 6.07) is 26.5. The maximum absolute atomic E-state index is 8.88. The molecule has 0 atom stereocenters. The quantitative estimate of drug-likeness (QED) is 0.515. The Kier molecular flexibility index (Phi) is 5.49. The molecule has 3 aromatic rings. The van der Waals surface area contributed by atoms with Crippen LogP contribution >= 0.6 is 0 Å². The van der Waals surface area contributed by atoms with Crippen LogP contribution in [-0.2, 0) is 0 Å². The van der Waals surface area contributed by atoms with E-state index in [9.17, 15) is 0 Å². The molecule has 0 spiro atoms. The summed E-state index contributed by atoms with van der Waals surface area (Å²) in [4.78, 5) is 0. The zero-order chi connectivity index (χ0) is 17.5. The van der Waals surface area contributed by atoms with Gasteiger partial charge in [0, 0.05) is 0 Å². The van der Waals surface area contributed by atoms with Gasteiger partial charge in [-0.1, -0.05) is 61.9 Å². The van der Waals surface area contributed by atoms with Gasteiger partial charge in [0.15, 0.2) is 0 Å². The average molecular weight is 327 g/mol. The van der Waals surface area contributed by atoms with Crippen molar-refractivity contribution in [3.63, 3.8) is 0 Å². The van der Waals surface area contributed by atoms with Gasteiger partial charge in [0.25, 0.3) is 0 Å². The van der Waals surface area contributed by atoms with Crippen LogP contribution in [-0.4, -0.2) is 6.61 Å². The van der Waals surface area contributed by atoms with E-state index in [1.165, 1.54) is 11.1 Å². The van der Waals surface area contributed by atoms with Crippen molar-refractivity contribution in [3.05, 3.63) is 78.4 Å². The number of benzene rings is 3. The molecule has 124 valence electrons. The highest BCUT2D eigenvalue weighted by Crippen LogP contribution is 2.26. The first-order valence-corrected chi connectivity index (χ1v) is 8.64. The van der Waals surface area contributed by atoms with Crippen LogP contribution in [0.2, 0.25) is 0 Å². The van der Waals surface area contributed by atoms with Crippen LogP contribution in [0.5, 0.6) is 5.75 Å². The molecule has 0 heterocycles. The van der Waals surface area contributed by atoms with E-state index < -0.39 is 0 Å². The summed E-state index contributed by atoms with van der Waals surface area (Å²) in [6.45, 7) is 2.93. The Morgan fingerprint density at radius 2 is 1.16 bits per heavy atom. The topological polar surface area (TPSA) is 33.0 Å². The number of hydrogen-bond acceptors (Lipinski definition) is 2.